The van der Waals surface area contributed by atoms with Crippen molar-refractivity contribution < 1.29 is 0 Å². The lowest BCUT2D eigenvalue weighted by Gasteiger charge is -2.28. The van der Waals surface area contributed by atoms with Crippen LogP contribution in [0.5, 0.6) is 0 Å². The smallest absolute Gasteiger partial charge is 0.0624 e. The van der Waals surface area contributed by atoms with Crippen LogP contribution in [0.15, 0.2) is 24.4 Å². The van der Waals surface area contributed by atoms with Gasteiger partial charge >= 0.3 is 0 Å². The van der Waals surface area contributed by atoms with Crippen molar-refractivity contribution in [3.63, 3.8) is 0 Å². The molecule has 18 heavy (non-hydrogen) atoms. The molecule has 1 saturated heterocycles. The number of rotatable bonds is 2. The number of benzene rings is 1. The van der Waals surface area contributed by atoms with Crippen LogP contribution in [0, 0.1) is 0 Å². The SMILES string of the molecule is CC(C)c1ccc2[nH]cc(N3CCNCC3)c2c1. The van der Waals surface area contributed by atoms with Gasteiger partial charge in [-0.3, -0.25) is 0 Å². The summed E-state index contributed by atoms with van der Waals surface area (Å²) < 4.78 is 0. The van der Waals surface area contributed by atoms with Gasteiger partial charge in [0, 0.05) is 43.3 Å². The Balaban J connectivity index is 2.03. The number of hydrogen-bond donors (Lipinski definition) is 2. The highest BCUT2D eigenvalue weighted by molar-refractivity contribution is 5.93. The van der Waals surface area contributed by atoms with Gasteiger partial charge < -0.3 is 15.2 Å². The van der Waals surface area contributed by atoms with Crippen molar-refractivity contribution in [3.8, 4) is 0 Å². The molecule has 96 valence electrons. The molecule has 2 N–H and O–H groups in total. The number of nitrogens with zero attached hydrogens (tertiary/aromatic N) is 1. The molecule has 0 unspecified atom stereocenters. The minimum atomic E-state index is 0.583. The molecule has 0 aliphatic carbocycles. The molecule has 0 atom stereocenters. The van der Waals surface area contributed by atoms with Gasteiger partial charge in [-0.1, -0.05) is 19.9 Å². The number of piperazine rings is 1. The first-order valence-electron chi connectivity index (χ1n) is 6.82. The van der Waals surface area contributed by atoms with E-state index in [2.05, 4.69) is 53.4 Å². The number of H-pyrrole nitrogens is 1. The third kappa shape index (κ3) is 1.99. The van der Waals surface area contributed by atoms with E-state index >= 15 is 0 Å². The minimum absolute atomic E-state index is 0.583. The van der Waals surface area contributed by atoms with Gasteiger partial charge in [-0.2, -0.15) is 0 Å². The number of aromatic nitrogens is 1. The first-order chi connectivity index (χ1) is 8.75. The van der Waals surface area contributed by atoms with E-state index in [-0.39, 0.29) is 0 Å². The summed E-state index contributed by atoms with van der Waals surface area (Å²) in [6.45, 7) is 8.85. The third-order valence-electron chi connectivity index (χ3n) is 3.81. The Kier molecular flexibility index (Phi) is 3.00. The van der Waals surface area contributed by atoms with Crippen LogP contribution in [-0.4, -0.2) is 31.2 Å². The summed E-state index contributed by atoms with van der Waals surface area (Å²) in [7, 11) is 0. The Labute approximate surface area is 108 Å². The second-order valence-electron chi connectivity index (χ2n) is 5.37. The summed E-state index contributed by atoms with van der Waals surface area (Å²) in [6.07, 6.45) is 2.15. The fourth-order valence-corrected chi connectivity index (χ4v) is 2.65. The van der Waals surface area contributed by atoms with Crippen molar-refractivity contribution in [2.24, 2.45) is 0 Å². The molecule has 1 fully saturated rings. The lowest BCUT2D eigenvalue weighted by atomic mass is 10.0. The highest BCUT2D eigenvalue weighted by Gasteiger charge is 2.15. The zero-order chi connectivity index (χ0) is 12.5. The van der Waals surface area contributed by atoms with Crippen LogP contribution in [0.3, 0.4) is 0 Å². The zero-order valence-corrected chi connectivity index (χ0v) is 11.2. The molecule has 1 aromatic carbocycles. The molecule has 2 aromatic rings. The Bertz CT molecular complexity index is 536. The van der Waals surface area contributed by atoms with Gasteiger partial charge in [-0.15, -0.1) is 0 Å². The molecule has 0 spiro atoms. The van der Waals surface area contributed by atoms with E-state index in [9.17, 15) is 0 Å². The summed E-state index contributed by atoms with van der Waals surface area (Å²) in [4.78, 5) is 5.86. The Morgan fingerprint density at radius 3 is 2.67 bits per heavy atom. The van der Waals surface area contributed by atoms with Crippen molar-refractivity contribution in [3.05, 3.63) is 30.0 Å². The lowest BCUT2D eigenvalue weighted by molar-refractivity contribution is 0.590. The standard InChI is InChI=1S/C15H21N3/c1-11(2)12-3-4-14-13(9-12)15(10-17-14)18-7-5-16-6-8-18/h3-4,9-11,16-17H,5-8H2,1-2H3. The largest absolute Gasteiger partial charge is 0.367 e. The van der Waals surface area contributed by atoms with E-state index in [0.29, 0.717) is 5.92 Å². The molecule has 1 aliphatic rings. The number of fused-ring (bicyclic) bond motifs is 1. The molecule has 2 heterocycles. The van der Waals surface area contributed by atoms with Crippen molar-refractivity contribution >= 4 is 16.6 Å². The molecule has 0 amide bonds. The monoisotopic (exact) mass is 243 g/mol. The van der Waals surface area contributed by atoms with Gasteiger partial charge in [0.2, 0.25) is 0 Å². The first kappa shape index (κ1) is 11.6. The van der Waals surface area contributed by atoms with E-state index in [4.69, 9.17) is 0 Å². The topological polar surface area (TPSA) is 31.1 Å². The third-order valence-corrected chi connectivity index (χ3v) is 3.81. The van der Waals surface area contributed by atoms with E-state index < -0.39 is 0 Å². The molecule has 1 aromatic heterocycles. The van der Waals surface area contributed by atoms with Crippen molar-refractivity contribution in [2.45, 2.75) is 19.8 Å². The fraction of sp³-hybridized carbons (Fsp3) is 0.467. The highest BCUT2D eigenvalue weighted by Crippen LogP contribution is 2.29. The van der Waals surface area contributed by atoms with Crippen molar-refractivity contribution in [2.75, 3.05) is 31.1 Å². The van der Waals surface area contributed by atoms with Crippen LogP contribution in [-0.2, 0) is 0 Å². The molecule has 3 heteroatoms. The Morgan fingerprint density at radius 2 is 1.94 bits per heavy atom. The Morgan fingerprint density at radius 1 is 1.17 bits per heavy atom. The predicted molar refractivity (Wildman–Crippen MR) is 77.5 cm³/mol. The van der Waals surface area contributed by atoms with Crippen LogP contribution >= 0.6 is 0 Å². The van der Waals surface area contributed by atoms with Gasteiger partial charge in [0.05, 0.1) is 5.69 Å². The Hall–Kier alpha value is -1.48. The number of nitrogens with one attached hydrogen (secondary N) is 2. The average molecular weight is 243 g/mol. The van der Waals surface area contributed by atoms with E-state index in [1.54, 1.807) is 0 Å². The van der Waals surface area contributed by atoms with E-state index in [1.165, 1.54) is 22.2 Å². The number of aromatic amines is 1. The zero-order valence-electron chi connectivity index (χ0n) is 11.2. The lowest BCUT2D eigenvalue weighted by Crippen LogP contribution is -2.43. The second kappa shape index (κ2) is 4.65. The fourth-order valence-electron chi connectivity index (χ4n) is 2.65. The van der Waals surface area contributed by atoms with Crippen molar-refractivity contribution in [1.29, 1.82) is 0 Å². The maximum Gasteiger partial charge on any atom is 0.0624 e. The summed E-state index contributed by atoms with van der Waals surface area (Å²) in [5, 5.41) is 4.77. The molecule has 0 radical (unpaired) electrons. The number of anilines is 1. The van der Waals surface area contributed by atoms with Crippen LogP contribution in [0.1, 0.15) is 25.3 Å². The summed E-state index contributed by atoms with van der Waals surface area (Å²) >= 11 is 0. The van der Waals surface area contributed by atoms with Gasteiger partial charge in [-0.05, 0) is 23.6 Å². The van der Waals surface area contributed by atoms with Gasteiger partial charge in [0.25, 0.3) is 0 Å². The quantitative estimate of drug-likeness (QED) is 0.849. The van der Waals surface area contributed by atoms with E-state index in [0.717, 1.165) is 26.2 Å². The molecular weight excluding hydrogens is 222 g/mol. The molecule has 3 rings (SSSR count). The number of hydrogen-bond acceptors (Lipinski definition) is 2. The maximum absolute atomic E-state index is 3.40. The second-order valence-corrected chi connectivity index (χ2v) is 5.37. The van der Waals surface area contributed by atoms with Crippen LogP contribution in [0.4, 0.5) is 5.69 Å². The predicted octanol–water partition coefficient (Wildman–Crippen LogP) is 2.70. The molecule has 0 bridgehead atoms. The van der Waals surface area contributed by atoms with E-state index in [1.807, 2.05) is 0 Å². The highest BCUT2D eigenvalue weighted by atomic mass is 15.2. The van der Waals surface area contributed by atoms with Gasteiger partial charge in [0.1, 0.15) is 0 Å². The van der Waals surface area contributed by atoms with Gasteiger partial charge in [0.15, 0.2) is 0 Å². The average Bonchev–Trinajstić information content (AvgIpc) is 2.82. The van der Waals surface area contributed by atoms with Crippen LogP contribution in [0.25, 0.3) is 10.9 Å². The maximum atomic E-state index is 3.40. The molecule has 0 saturated carbocycles. The van der Waals surface area contributed by atoms with Crippen LogP contribution < -0.4 is 10.2 Å². The minimum Gasteiger partial charge on any atom is -0.367 e. The normalized spacial score (nSPS) is 16.7. The summed E-state index contributed by atoms with van der Waals surface area (Å²) in [5.41, 5.74) is 4.01. The summed E-state index contributed by atoms with van der Waals surface area (Å²) in [6, 6.07) is 6.77. The van der Waals surface area contributed by atoms with Gasteiger partial charge in [-0.25, -0.2) is 0 Å². The van der Waals surface area contributed by atoms with Crippen LogP contribution in [0.2, 0.25) is 0 Å². The first-order valence-corrected chi connectivity index (χ1v) is 6.82. The summed E-state index contributed by atoms with van der Waals surface area (Å²) in [5.74, 6) is 0.583. The molecule has 3 nitrogen and oxygen atoms in total. The van der Waals surface area contributed by atoms with Crippen molar-refractivity contribution in [1.82, 2.24) is 10.3 Å². The molecular formula is C15H21N3. The molecule has 1 aliphatic heterocycles.